The van der Waals surface area contributed by atoms with Crippen molar-refractivity contribution in [1.82, 2.24) is 10.6 Å². The summed E-state index contributed by atoms with van der Waals surface area (Å²) in [4.78, 5) is 11.7. The van der Waals surface area contributed by atoms with Crippen LogP contribution in [0, 0.1) is 0 Å². The van der Waals surface area contributed by atoms with Crippen LogP contribution in [-0.2, 0) is 4.79 Å². The number of nitrogens with one attached hydrogen (secondary N) is 2. The van der Waals surface area contributed by atoms with E-state index in [-0.39, 0.29) is 11.4 Å². The Morgan fingerprint density at radius 1 is 1.31 bits per heavy atom. The number of carbonyl (C=O) groups is 1. The maximum absolute atomic E-state index is 11.7. The van der Waals surface area contributed by atoms with Crippen molar-refractivity contribution in [2.45, 2.75) is 70.9 Å². The van der Waals surface area contributed by atoms with E-state index < -0.39 is 0 Å². The summed E-state index contributed by atoms with van der Waals surface area (Å²) in [5.41, 5.74) is 0.0859. The Morgan fingerprint density at radius 2 is 1.94 bits per heavy atom. The molecule has 0 unspecified atom stereocenters. The summed E-state index contributed by atoms with van der Waals surface area (Å²) in [6.07, 6.45) is 6.37. The zero-order chi connectivity index (χ0) is 12.0. The molecule has 0 bridgehead atoms. The fraction of sp³-hybridized carbons (Fsp3) is 0.923. The van der Waals surface area contributed by atoms with Crippen LogP contribution in [0.1, 0.15) is 59.3 Å². The fourth-order valence-electron chi connectivity index (χ4n) is 2.32. The van der Waals surface area contributed by atoms with Gasteiger partial charge in [0.25, 0.3) is 0 Å². The number of amides is 1. The van der Waals surface area contributed by atoms with Crippen molar-refractivity contribution in [2.75, 3.05) is 6.54 Å². The largest absolute Gasteiger partial charge is 0.351 e. The molecule has 0 saturated heterocycles. The van der Waals surface area contributed by atoms with Gasteiger partial charge in [-0.15, -0.1) is 0 Å². The number of hydrogen-bond donors (Lipinski definition) is 2. The summed E-state index contributed by atoms with van der Waals surface area (Å²) in [6.45, 7) is 7.35. The second-order valence-corrected chi connectivity index (χ2v) is 5.53. The third-order valence-electron chi connectivity index (χ3n) is 3.28. The van der Waals surface area contributed by atoms with Gasteiger partial charge in [-0.05, 0) is 32.7 Å². The molecule has 94 valence electrons. The molecule has 0 aromatic rings. The average Bonchev–Trinajstić information content (AvgIpc) is 2.59. The third-order valence-corrected chi connectivity index (χ3v) is 3.28. The van der Waals surface area contributed by atoms with E-state index in [1.807, 2.05) is 0 Å². The minimum Gasteiger partial charge on any atom is -0.351 e. The van der Waals surface area contributed by atoms with Gasteiger partial charge in [0.15, 0.2) is 0 Å². The predicted molar refractivity (Wildman–Crippen MR) is 67.4 cm³/mol. The van der Waals surface area contributed by atoms with Gasteiger partial charge in [0.1, 0.15) is 0 Å². The molecular weight excluding hydrogens is 200 g/mol. The van der Waals surface area contributed by atoms with Crippen molar-refractivity contribution >= 4 is 5.91 Å². The molecule has 1 saturated carbocycles. The van der Waals surface area contributed by atoms with Crippen LogP contribution in [0.3, 0.4) is 0 Å². The lowest BCUT2D eigenvalue weighted by Gasteiger charge is -2.25. The van der Waals surface area contributed by atoms with Gasteiger partial charge in [-0.3, -0.25) is 4.79 Å². The second kappa shape index (κ2) is 6.24. The first kappa shape index (κ1) is 13.5. The number of carbonyl (C=O) groups excluding carboxylic acids is 1. The second-order valence-electron chi connectivity index (χ2n) is 5.53. The first-order chi connectivity index (χ1) is 7.52. The van der Waals surface area contributed by atoms with Gasteiger partial charge in [0.05, 0.1) is 0 Å². The first-order valence-electron chi connectivity index (χ1n) is 6.56. The van der Waals surface area contributed by atoms with Gasteiger partial charge in [-0.25, -0.2) is 0 Å². The molecule has 0 radical (unpaired) electrons. The van der Waals surface area contributed by atoms with Crippen molar-refractivity contribution in [2.24, 2.45) is 0 Å². The topological polar surface area (TPSA) is 41.1 Å². The van der Waals surface area contributed by atoms with Crippen LogP contribution in [0.2, 0.25) is 0 Å². The van der Waals surface area contributed by atoms with Crippen LogP contribution in [0.5, 0.6) is 0 Å². The van der Waals surface area contributed by atoms with E-state index >= 15 is 0 Å². The van der Waals surface area contributed by atoms with E-state index in [1.54, 1.807) is 0 Å². The van der Waals surface area contributed by atoms with Gasteiger partial charge >= 0.3 is 0 Å². The van der Waals surface area contributed by atoms with Crippen LogP contribution in [-0.4, -0.2) is 24.0 Å². The lowest BCUT2D eigenvalue weighted by Crippen LogP contribution is -2.43. The molecule has 3 nitrogen and oxygen atoms in total. The molecule has 1 aliphatic carbocycles. The normalized spacial score (nSPS) is 19.0. The Kier molecular flexibility index (Phi) is 5.26. The molecule has 0 aliphatic heterocycles. The van der Waals surface area contributed by atoms with E-state index in [0.717, 1.165) is 25.8 Å². The molecule has 1 fully saturated rings. The van der Waals surface area contributed by atoms with Crippen LogP contribution in [0.15, 0.2) is 0 Å². The van der Waals surface area contributed by atoms with Crippen LogP contribution in [0.25, 0.3) is 0 Å². The summed E-state index contributed by atoms with van der Waals surface area (Å²) in [5.74, 6) is 0.218. The molecule has 1 amide bonds. The molecule has 0 atom stereocenters. The molecular formula is C13H26N2O. The van der Waals surface area contributed by atoms with E-state index in [0.29, 0.717) is 12.5 Å². The molecule has 3 heteroatoms. The average molecular weight is 226 g/mol. The molecule has 0 aromatic heterocycles. The Balaban J connectivity index is 2.11. The van der Waals surface area contributed by atoms with Crippen molar-refractivity contribution in [3.05, 3.63) is 0 Å². The maximum atomic E-state index is 11.7. The van der Waals surface area contributed by atoms with Crippen LogP contribution < -0.4 is 10.6 Å². The third kappa shape index (κ3) is 4.97. The van der Waals surface area contributed by atoms with Crippen molar-refractivity contribution in [3.8, 4) is 0 Å². The van der Waals surface area contributed by atoms with Gasteiger partial charge < -0.3 is 10.6 Å². The summed E-state index contributed by atoms with van der Waals surface area (Å²) in [5, 5.41) is 6.50. The van der Waals surface area contributed by atoms with Crippen LogP contribution in [0.4, 0.5) is 0 Å². The minimum absolute atomic E-state index is 0.0859. The fourth-order valence-corrected chi connectivity index (χ4v) is 2.32. The SMILES string of the molecule is CC(C)NCCCC(=O)NC1(C)CCCC1. The zero-order valence-corrected chi connectivity index (χ0v) is 10.9. The summed E-state index contributed by atoms with van der Waals surface area (Å²) < 4.78 is 0. The standard InChI is InChI=1S/C13H26N2O/c1-11(2)14-10-6-7-12(16)15-13(3)8-4-5-9-13/h11,14H,4-10H2,1-3H3,(H,15,16). The predicted octanol–water partition coefficient (Wildman–Crippen LogP) is 2.21. The van der Waals surface area contributed by atoms with Gasteiger partial charge in [0.2, 0.25) is 5.91 Å². The lowest BCUT2D eigenvalue weighted by atomic mass is 10.0. The minimum atomic E-state index is 0.0859. The smallest absolute Gasteiger partial charge is 0.220 e. The highest BCUT2D eigenvalue weighted by Crippen LogP contribution is 2.28. The molecule has 16 heavy (non-hydrogen) atoms. The van der Waals surface area contributed by atoms with E-state index in [2.05, 4.69) is 31.4 Å². The number of hydrogen-bond acceptors (Lipinski definition) is 2. The molecule has 1 rings (SSSR count). The summed E-state index contributed by atoms with van der Waals surface area (Å²) in [6, 6.07) is 0.510. The van der Waals surface area contributed by atoms with E-state index in [9.17, 15) is 4.79 Å². The Morgan fingerprint density at radius 3 is 2.50 bits per heavy atom. The molecule has 1 aliphatic rings. The molecule has 0 spiro atoms. The first-order valence-corrected chi connectivity index (χ1v) is 6.56. The monoisotopic (exact) mass is 226 g/mol. The van der Waals surface area contributed by atoms with E-state index in [4.69, 9.17) is 0 Å². The van der Waals surface area contributed by atoms with E-state index in [1.165, 1.54) is 12.8 Å². The summed E-state index contributed by atoms with van der Waals surface area (Å²) >= 11 is 0. The van der Waals surface area contributed by atoms with Gasteiger partial charge in [-0.1, -0.05) is 26.7 Å². The van der Waals surface area contributed by atoms with Crippen molar-refractivity contribution in [1.29, 1.82) is 0 Å². The maximum Gasteiger partial charge on any atom is 0.220 e. The van der Waals surface area contributed by atoms with Gasteiger partial charge in [0, 0.05) is 18.0 Å². The zero-order valence-electron chi connectivity index (χ0n) is 10.9. The molecule has 0 aromatic carbocycles. The van der Waals surface area contributed by atoms with Gasteiger partial charge in [-0.2, -0.15) is 0 Å². The molecule has 2 N–H and O–H groups in total. The summed E-state index contributed by atoms with van der Waals surface area (Å²) in [7, 11) is 0. The lowest BCUT2D eigenvalue weighted by molar-refractivity contribution is -0.122. The van der Waals surface area contributed by atoms with Crippen molar-refractivity contribution in [3.63, 3.8) is 0 Å². The Labute approximate surface area is 99.4 Å². The van der Waals surface area contributed by atoms with Crippen LogP contribution >= 0.6 is 0 Å². The highest BCUT2D eigenvalue weighted by atomic mass is 16.1. The Hall–Kier alpha value is -0.570. The Bertz CT molecular complexity index is 220. The number of rotatable bonds is 6. The quantitative estimate of drug-likeness (QED) is 0.682. The highest BCUT2D eigenvalue weighted by Gasteiger charge is 2.29. The highest BCUT2D eigenvalue weighted by molar-refractivity contribution is 5.76. The van der Waals surface area contributed by atoms with Crippen molar-refractivity contribution < 1.29 is 4.79 Å². The molecule has 0 heterocycles.